The van der Waals surface area contributed by atoms with Gasteiger partial charge in [-0.1, -0.05) is 29.8 Å². The standard InChI is InChI=1S/C11H12BrNS/c1-3-8(2)14-11-6-10(12)5-4-9(11)7-13/h4-6,8H,3H2,1-2H3. The molecule has 3 heteroatoms. The Hall–Kier alpha value is -0.460. The third kappa shape index (κ3) is 3.04. The molecular weight excluding hydrogens is 258 g/mol. The van der Waals surface area contributed by atoms with Gasteiger partial charge in [0.15, 0.2) is 0 Å². The molecule has 0 spiro atoms. The molecule has 0 bridgehead atoms. The van der Waals surface area contributed by atoms with Gasteiger partial charge in [0.05, 0.1) is 5.56 Å². The summed E-state index contributed by atoms with van der Waals surface area (Å²) in [6.45, 7) is 4.33. The van der Waals surface area contributed by atoms with Crippen molar-refractivity contribution in [2.24, 2.45) is 0 Å². The smallest absolute Gasteiger partial charge is 0.100 e. The van der Waals surface area contributed by atoms with Crippen molar-refractivity contribution in [2.45, 2.75) is 30.4 Å². The normalized spacial score (nSPS) is 12.1. The minimum atomic E-state index is 0.552. The van der Waals surface area contributed by atoms with Crippen molar-refractivity contribution < 1.29 is 0 Å². The first-order valence-corrected chi connectivity index (χ1v) is 6.21. The molecule has 1 aromatic carbocycles. The number of rotatable bonds is 3. The number of nitrogens with zero attached hydrogens (tertiary/aromatic N) is 1. The summed E-state index contributed by atoms with van der Waals surface area (Å²) in [6, 6.07) is 7.98. The van der Waals surface area contributed by atoms with E-state index in [-0.39, 0.29) is 0 Å². The quantitative estimate of drug-likeness (QED) is 0.768. The van der Waals surface area contributed by atoms with Gasteiger partial charge in [-0.2, -0.15) is 5.26 Å². The zero-order valence-electron chi connectivity index (χ0n) is 8.25. The third-order valence-electron chi connectivity index (χ3n) is 1.97. The lowest BCUT2D eigenvalue weighted by Crippen LogP contribution is -1.93. The van der Waals surface area contributed by atoms with Gasteiger partial charge in [-0.05, 0) is 24.6 Å². The Labute approximate surface area is 97.6 Å². The lowest BCUT2D eigenvalue weighted by Gasteiger charge is -2.09. The fraction of sp³-hybridized carbons (Fsp3) is 0.364. The van der Waals surface area contributed by atoms with Crippen LogP contribution in [0.1, 0.15) is 25.8 Å². The van der Waals surface area contributed by atoms with E-state index in [1.165, 1.54) is 0 Å². The molecule has 14 heavy (non-hydrogen) atoms. The fourth-order valence-electron chi connectivity index (χ4n) is 0.986. The summed E-state index contributed by atoms with van der Waals surface area (Å²) in [5.41, 5.74) is 0.763. The molecule has 0 N–H and O–H groups in total. The Bertz CT molecular complexity index is 357. The molecule has 0 amide bonds. The van der Waals surface area contributed by atoms with Crippen molar-refractivity contribution in [3.05, 3.63) is 28.2 Å². The molecule has 0 saturated carbocycles. The van der Waals surface area contributed by atoms with Gasteiger partial charge in [-0.15, -0.1) is 11.8 Å². The summed E-state index contributed by atoms with van der Waals surface area (Å²) in [7, 11) is 0. The Morgan fingerprint density at radius 1 is 1.57 bits per heavy atom. The van der Waals surface area contributed by atoms with E-state index in [2.05, 4.69) is 35.8 Å². The van der Waals surface area contributed by atoms with Gasteiger partial charge in [-0.3, -0.25) is 0 Å². The average Bonchev–Trinajstić information content (AvgIpc) is 2.18. The van der Waals surface area contributed by atoms with E-state index in [0.717, 1.165) is 21.4 Å². The monoisotopic (exact) mass is 269 g/mol. The van der Waals surface area contributed by atoms with Crippen molar-refractivity contribution >= 4 is 27.7 Å². The maximum Gasteiger partial charge on any atom is 0.100 e. The van der Waals surface area contributed by atoms with E-state index >= 15 is 0 Å². The highest BCUT2D eigenvalue weighted by atomic mass is 79.9. The van der Waals surface area contributed by atoms with Gasteiger partial charge >= 0.3 is 0 Å². The fourth-order valence-corrected chi connectivity index (χ4v) is 2.53. The van der Waals surface area contributed by atoms with Crippen LogP contribution in [0.25, 0.3) is 0 Å². The van der Waals surface area contributed by atoms with Gasteiger partial charge in [0, 0.05) is 14.6 Å². The van der Waals surface area contributed by atoms with Crippen LogP contribution in [0.3, 0.4) is 0 Å². The van der Waals surface area contributed by atoms with Crippen LogP contribution >= 0.6 is 27.7 Å². The van der Waals surface area contributed by atoms with Crippen molar-refractivity contribution in [2.75, 3.05) is 0 Å². The number of halogens is 1. The first-order chi connectivity index (χ1) is 6.67. The number of nitriles is 1. The second-order valence-electron chi connectivity index (χ2n) is 3.09. The first-order valence-electron chi connectivity index (χ1n) is 4.53. The Kier molecular flexibility index (Phi) is 4.50. The van der Waals surface area contributed by atoms with Gasteiger partial charge in [0.25, 0.3) is 0 Å². The molecule has 74 valence electrons. The molecular formula is C11H12BrNS. The second kappa shape index (κ2) is 5.43. The summed E-state index contributed by atoms with van der Waals surface area (Å²) in [5.74, 6) is 0. The molecule has 0 radical (unpaired) electrons. The molecule has 0 heterocycles. The first kappa shape index (κ1) is 11.6. The lowest BCUT2D eigenvalue weighted by atomic mass is 10.2. The molecule has 1 aromatic rings. The molecule has 1 atom stereocenters. The molecule has 0 aliphatic rings. The number of thioether (sulfide) groups is 1. The van der Waals surface area contributed by atoms with Crippen LogP contribution < -0.4 is 0 Å². The van der Waals surface area contributed by atoms with Gasteiger partial charge in [-0.25, -0.2) is 0 Å². The molecule has 1 nitrogen and oxygen atoms in total. The minimum Gasteiger partial charge on any atom is -0.192 e. The van der Waals surface area contributed by atoms with Gasteiger partial charge in [0.2, 0.25) is 0 Å². The van der Waals surface area contributed by atoms with E-state index in [0.29, 0.717) is 5.25 Å². The molecule has 0 aliphatic carbocycles. The van der Waals surface area contributed by atoms with Crippen molar-refractivity contribution in [3.8, 4) is 6.07 Å². The average molecular weight is 270 g/mol. The van der Waals surface area contributed by atoms with E-state index in [1.807, 2.05) is 18.2 Å². The van der Waals surface area contributed by atoms with Crippen LogP contribution in [0.15, 0.2) is 27.6 Å². The largest absolute Gasteiger partial charge is 0.192 e. The van der Waals surface area contributed by atoms with Crippen LogP contribution in [0.5, 0.6) is 0 Å². The van der Waals surface area contributed by atoms with E-state index in [1.54, 1.807) is 11.8 Å². The van der Waals surface area contributed by atoms with Crippen LogP contribution in [0, 0.1) is 11.3 Å². The summed E-state index contributed by atoms with van der Waals surface area (Å²) in [6.07, 6.45) is 1.11. The summed E-state index contributed by atoms with van der Waals surface area (Å²) < 4.78 is 1.03. The maximum absolute atomic E-state index is 8.92. The Morgan fingerprint density at radius 2 is 2.29 bits per heavy atom. The van der Waals surface area contributed by atoms with Crippen LogP contribution in [0.2, 0.25) is 0 Å². The van der Waals surface area contributed by atoms with Crippen LogP contribution in [-0.4, -0.2) is 5.25 Å². The summed E-state index contributed by atoms with van der Waals surface area (Å²) >= 11 is 5.17. The SMILES string of the molecule is CCC(C)Sc1cc(Br)ccc1C#N. The van der Waals surface area contributed by atoms with Crippen molar-refractivity contribution in [3.63, 3.8) is 0 Å². The number of hydrogen-bond donors (Lipinski definition) is 0. The zero-order chi connectivity index (χ0) is 10.6. The summed E-state index contributed by atoms with van der Waals surface area (Å²) in [4.78, 5) is 1.07. The van der Waals surface area contributed by atoms with E-state index in [4.69, 9.17) is 5.26 Å². The van der Waals surface area contributed by atoms with Gasteiger partial charge in [0.1, 0.15) is 6.07 Å². The predicted molar refractivity (Wildman–Crippen MR) is 64.5 cm³/mol. The highest BCUT2D eigenvalue weighted by Gasteiger charge is 2.07. The molecule has 0 fully saturated rings. The summed E-state index contributed by atoms with van der Waals surface area (Å²) in [5, 5.41) is 9.47. The van der Waals surface area contributed by atoms with Crippen molar-refractivity contribution in [1.29, 1.82) is 5.26 Å². The zero-order valence-corrected chi connectivity index (χ0v) is 10.7. The second-order valence-corrected chi connectivity index (χ2v) is 5.48. The molecule has 0 aromatic heterocycles. The van der Waals surface area contributed by atoms with Gasteiger partial charge < -0.3 is 0 Å². The highest BCUT2D eigenvalue weighted by molar-refractivity contribution is 9.10. The topological polar surface area (TPSA) is 23.8 Å². The maximum atomic E-state index is 8.92. The molecule has 0 saturated heterocycles. The Balaban J connectivity index is 2.94. The molecule has 0 aliphatic heterocycles. The van der Waals surface area contributed by atoms with Crippen LogP contribution in [0.4, 0.5) is 0 Å². The van der Waals surface area contributed by atoms with Crippen LogP contribution in [-0.2, 0) is 0 Å². The molecule has 1 unspecified atom stereocenters. The van der Waals surface area contributed by atoms with Crippen molar-refractivity contribution in [1.82, 2.24) is 0 Å². The third-order valence-corrected chi connectivity index (χ3v) is 3.79. The van der Waals surface area contributed by atoms with E-state index < -0.39 is 0 Å². The minimum absolute atomic E-state index is 0.552. The lowest BCUT2D eigenvalue weighted by molar-refractivity contribution is 0.905. The number of hydrogen-bond acceptors (Lipinski definition) is 2. The van der Waals surface area contributed by atoms with E-state index in [9.17, 15) is 0 Å². The highest BCUT2D eigenvalue weighted by Crippen LogP contribution is 2.30. The molecule has 1 rings (SSSR count). The number of benzene rings is 1. The Morgan fingerprint density at radius 3 is 2.86 bits per heavy atom. The predicted octanol–water partition coefficient (Wildman–Crippen LogP) is 4.21.